The summed E-state index contributed by atoms with van der Waals surface area (Å²) in [5.74, 6) is 7.47. The summed E-state index contributed by atoms with van der Waals surface area (Å²) in [6, 6.07) is 10.0. The Labute approximate surface area is 141 Å². The molecule has 23 heavy (non-hydrogen) atoms. The van der Waals surface area contributed by atoms with Gasteiger partial charge in [0.05, 0.1) is 0 Å². The van der Waals surface area contributed by atoms with Gasteiger partial charge in [-0.3, -0.25) is 4.79 Å². The summed E-state index contributed by atoms with van der Waals surface area (Å²) in [5, 5.41) is 0. The molecule has 1 aliphatic rings. The Morgan fingerprint density at radius 2 is 2.04 bits per heavy atom. The normalized spacial score (nSPS) is 15.3. The van der Waals surface area contributed by atoms with Crippen LogP contribution in [0.4, 0.5) is 0 Å². The van der Waals surface area contributed by atoms with Gasteiger partial charge in [-0.15, -0.1) is 11.8 Å². The van der Waals surface area contributed by atoms with Crippen molar-refractivity contribution < 1.29 is 4.79 Å². The first-order chi connectivity index (χ1) is 11.0. The molecule has 0 spiro atoms. The third-order valence-corrected chi connectivity index (χ3v) is 5.27. The van der Waals surface area contributed by atoms with Gasteiger partial charge in [0.2, 0.25) is 0 Å². The fourth-order valence-electron chi connectivity index (χ4n) is 2.63. The van der Waals surface area contributed by atoms with Crippen LogP contribution in [0.1, 0.15) is 54.4 Å². The van der Waals surface area contributed by atoms with Crippen molar-refractivity contribution in [1.29, 1.82) is 0 Å². The van der Waals surface area contributed by atoms with Crippen LogP contribution in [0.15, 0.2) is 41.4 Å². The van der Waals surface area contributed by atoms with Gasteiger partial charge in [-0.05, 0) is 66.3 Å². The summed E-state index contributed by atoms with van der Waals surface area (Å²) in [4.78, 5) is 16.9. The molecular weight excluding hydrogens is 302 g/mol. The van der Waals surface area contributed by atoms with E-state index in [0.29, 0.717) is 11.3 Å². The van der Waals surface area contributed by atoms with Gasteiger partial charge >= 0.3 is 0 Å². The van der Waals surface area contributed by atoms with Crippen molar-refractivity contribution in [2.24, 2.45) is 0 Å². The number of rotatable bonds is 1. The van der Waals surface area contributed by atoms with E-state index in [9.17, 15) is 4.79 Å². The van der Waals surface area contributed by atoms with Gasteiger partial charge in [0.25, 0.3) is 0 Å². The van der Waals surface area contributed by atoms with E-state index in [2.05, 4.69) is 48.9 Å². The molecule has 2 aromatic rings. The van der Waals surface area contributed by atoms with Gasteiger partial charge in [0.1, 0.15) is 5.69 Å². The first kappa shape index (κ1) is 15.8. The summed E-state index contributed by atoms with van der Waals surface area (Å²) < 4.78 is 0. The van der Waals surface area contributed by atoms with Crippen molar-refractivity contribution in [2.75, 3.05) is 5.75 Å². The maximum Gasteiger partial charge on any atom is 0.161 e. The lowest BCUT2D eigenvalue weighted by Gasteiger charge is -2.32. The molecule has 0 atom stereocenters. The summed E-state index contributed by atoms with van der Waals surface area (Å²) in [5.41, 5.74) is 3.90. The second-order valence-corrected chi connectivity index (χ2v) is 7.57. The Balaban J connectivity index is 1.88. The molecule has 3 rings (SSSR count). The van der Waals surface area contributed by atoms with Crippen LogP contribution in [0.3, 0.4) is 0 Å². The van der Waals surface area contributed by atoms with Crippen LogP contribution in [0.5, 0.6) is 0 Å². The number of carbonyl (C=O) groups excluding carboxylic acids is 1. The van der Waals surface area contributed by atoms with Gasteiger partial charge < -0.3 is 0 Å². The summed E-state index contributed by atoms with van der Waals surface area (Å²) in [6.45, 7) is 6.13. The molecule has 0 fully saturated rings. The minimum absolute atomic E-state index is 0.0198. The van der Waals surface area contributed by atoms with E-state index in [1.807, 2.05) is 11.8 Å². The van der Waals surface area contributed by atoms with Crippen LogP contribution in [0, 0.1) is 11.8 Å². The van der Waals surface area contributed by atoms with Crippen molar-refractivity contribution in [2.45, 2.75) is 37.5 Å². The molecule has 0 amide bonds. The van der Waals surface area contributed by atoms with Gasteiger partial charge in [-0.2, -0.15) is 0 Å². The molecule has 0 radical (unpaired) electrons. The molecular formula is C20H19NOS. The van der Waals surface area contributed by atoms with E-state index in [1.165, 1.54) is 29.6 Å². The molecule has 2 nitrogen and oxygen atoms in total. The second kappa shape index (κ2) is 6.22. The first-order valence-corrected chi connectivity index (χ1v) is 8.71. The van der Waals surface area contributed by atoms with Gasteiger partial charge in [-0.1, -0.05) is 19.8 Å². The average Bonchev–Trinajstić information content (AvgIpc) is 2.53. The minimum Gasteiger partial charge on any atom is -0.294 e. The molecule has 0 unspecified atom stereocenters. The largest absolute Gasteiger partial charge is 0.294 e. The number of hydrogen-bond acceptors (Lipinski definition) is 3. The maximum atomic E-state index is 11.3. The topological polar surface area (TPSA) is 30.0 Å². The van der Waals surface area contributed by atoms with E-state index in [1.54, 1.807) is 18.3 Å². The molecule has 2 heterocycles. The number of pyridine rings is 1. The highest BCUT2D eigenvalue weighted by Gasteiger charge is 2.27. The van der Waals surface area contributed by atoms with Crippen LogP contribution < -0.4 is 0 Å². The lowest BCUT2D eigenvalue weighted by molar-refractivity contribution is 0.101. The highest BCUT2D eigenvalue weighted by atomic mass is 32.2. The van der Waals surface area contributed by atoms with E-state index in [4.69, 9.17) is 0 Å². The molecule has 116 valence electrons. The van der Waals surface area contributed by atoms with Crippen molar-refractivity contribution in [3.05, 3.63) is 58.9 Å². The summed E-state index contributed by atoms with van der Waals surface area (Å²) in [7, 11) is 0. The fourth-order valence-corrected chi connectivity index (χ4v) is 4.11. The fraction of sp³-hybridized carbons (Fsp3) is 0.300. The number of benzene rings is 1. The molecule has 1 aromatic carbocycles. The Bertz CT molecular complexity index is 810. The van der Waals surface area contributed by atoms with Crippen LogP contribution in [-0.4, -0.2) is 16.5 Å². The molecule has 0 saturated heterocycles. The van der Waals surface area contributed by atoms with E-state index in [0.717, 1.165) is 5.56 Å². The van der Waals surface area contributed by atoms with Crippen molar-refractivity contribution >= 4 is 17.5 Å². The predicted octanol–water partition coefficient (Wildman–Crippen LogP) is 4.46. The zero-order valence-corrected chi connectivity index (χ0v) is 14.5. The third kappa shape index (κ3) is 3.48. The summed E-state index contributed by atoms with van der Waals surface area (Å²) in [6.07, 6.45) is 2.77. The predicted molar refractivity (Wildman–Crippen MR) is 95.0 cm³/mol. The highest BCUT2D eigenvalue weighted by molar-refractivity contribution is 7.99. The minimum atomic E-state index is 0.0198. The van der Waals surface area contributed by atoms with Crippen molar-refractivity contribution in [3.8, 4) is 11.8 Å². The zero-order valence-electron chi connectivity index (χ0n) is 13.6. The number of hydrogen-bond donors (Lipinski definition) is 0. The van der Waals surface area contributed by atoms with E-state index in [-0.39, 0.29) is 11.2 Å². The average molecular weight is 321 g/mol. The Morgan fingerprint density at radius 1 is 1.22 bits per heavy atom. The Morgan fingerprint density at radius 3 is 2.74 bits per heavy atom. The molecule has 1 aromatic heterocycles. The number of thioether (sulfide) groups is 1. The zero-order chi connectivity index (χ0) is 16.4. The molecule has 0 N–H and O–H groups in total. The molecule has 0 saturated carbocycles. The van der Waals surface area contributed by atoms with Crippen molar-refractivity contribution in [1.82, 2.24) is 4.98 Å². The molecule has 1 aliphatic heterocycles. The van der Waals surface area contributed by atoms with Crippen LogP contribution >= 0.6 is 11.8 Å². The Hall–Kier alpha value is -2.05. The quantitative estimate of drug-likeness (QED) is 0.574. The first-order valence-electron chi connectivity index (χ1n) is 7.72. The number of carbonyl (C=O) groups is 1. The number of aromatic nitrogens is 1. The maximum absolute atomic E-state index is 11.3. The monoisotopic (exact) mass is 321 g/mol. The van der Waals surface area contributed by atoms with Gasteiger partial charge in [0.15, 0.2) is 5.78 Å². The van der Waals surface area contributed by atoms with Crippen LogP contribution in [0.25, 0.3) is 0 Å². The van der Waals surface area contributed by atoms with E-state index < -0.39 is 0 Å². The van der Waals surface area contributed by atoms with Gasteiger partial charge in [-0.25, -0.2) is 4.98 Å². The van der Waals surface area contributed by atoms with Gasteiger partial charge in [0, 0.05) is 22.2 Å². The lowest BCUT2D eigenvalue weighted by Crippen LogP contribution is -2.22. The SMILES string of the molecule is CC(=O)c1ccc(C#Cc2ccc3c(c2)C(C)(C)CCS3)nc1. The number of ketones is 1. The van der Waals surface area contributed by atoms with Crippen LogP contribution in [0.2, 0.25) is 0 Å². The highest BCUT2D eigenvalue weighted by Crippen LogP contribution is 2.41. The number of nitrogens with zero attached hydrogens (tertiary/aromatic N) is 1. The third-order valence-electron chi connectivity index (χ3n) is 4.20. The standard InChI is InChI=1S/C20H19NOS/c1-14(22)16-6-8-17(21-13-16)7-4-15-5-9-19-18(12-15)20(2,3)10-11-23-19/h5-6,8-9,12-13H,10-11H2,1-3H3. The number of Topliss-reactive ketones (excluding diaryl/α,β-unsaturated/α-hetero) is 1. The molecule has 0 bridgehead atoms. The summed E-state index contributed by atoms with van der Waals surface area (Å²) >= 11 is 1.93. The lowest BCUT2D eigenvalue weighted by atomic mass is 9.81. The Kier molecular flexibility index (Phi) is 4.28. The van der Waals surface area contributed by atoms with Crippen molar-refractivity contribution in [3.63, 3.8) is 0 Å². The van der Waals surface area contributed by atoms with E-state index >= 15 is 0 Å². The molecule has 3 heteroatoms. The van der Waals surface area contributed by atoms with Crippen LogP contribution in [-0.2, 0) is 5.41 Å². The smallest absolute Gasteiger partial charge is 0.161 e. The second-order valence-electron chi connectivity index (χ2n) is 6.43. The molecule has 0 aliphatic carbocycles. The number of fused-ring (bicyclic) bond motifs is 1.